The molecule has 0 saturated carbocycles. The van der Waals surface area contributed by atoms with Gasteiger partial charge in [0.2, 0.25) is 0 Å². The molecule has 0 N–H and O–H groups in total. The molecule has 2 aromatic carbocycles. The van der Waals surface area contributed by atoms with E-state index in [1.807, 2.05) is 65.6 Å². The van der Waals surface area contributed by atoms with Crippen molar-refractivity contribution in [2.45, 2.75) is 26.1 Å². The number of rotatable bonds is 6. The van der Waals surface area contributed by atoms with Gasteiger partial charge >= 0.3 is 0 Å². The monoisotopic (exact) mass is 283 g/mol. The van der Waals surface area contributed by atoms with Crippen LogP contribution >= 0.6 is 0 Å². The van der Waals surface area contributed by atoms with Crippen molar-refractivity contribution in [3.8, 4) is 0 Å². The van der Waals surface area contributed by atoms with Gasteiger partial charge in [0.05, 0.1) is 0 Å². The molecule has 0 spiro atoms. The summed E-state index contributed by atoms with van der Waals surface area (Å²) >= 11 is 0. The van der Waals surface area contributed by atoms with E-state index in [1.54, 1.807) is 14.0 Å². The minimum Gasteiger partial charge on any atom is -0.372 e. The lowest BCUT2D eigenvalue weighted by molar-refractivity contribution is -0.142. The Hall–Kier alpha value is -2.13. The van der Waals surface area contributed by atoms with Gasteiger partial charge in [-0.3, -0.25) is 4.79 Å². The van der Waals surface area contributed by atoms with E-state index >= 15 is 0 Å². The molecule has 0 aliphatic heterocycles. The molecule has 1 unspecified atom stereocenters. The molecule has 1 amide bonds. The Labute approximate surface area is 126 Å². The molecule has 21 heavy (non-hydrogen) atoms. The largest absolute Gasteiger partial charge is 0.372 e. The second kappa shape index (κ2) is 7.60. The minimum absolute atomic E-state index is 0.00482. The lowest BCUT2D eigenvalue weighted by atomic mass is 10.1. The predicted octanol–water partition coefficient (Wildman–Crippen LogP) is 3.25. The van der Waals surface area contributed by atoms with Gasteiger partial charge in [0.25, 0.3) is 5.91 Å². The highest BCUT2D eigenvalue weighted by Crippen LogP contribution is 2.12. The fraction of sp³-hybridized carbons (Fsp3) is 0.278. The lowest BCUT2D eigenvalue weighted by Crippen LogP contribution is -2.37. The highest BCUT2D eigenvalue weighted by molar-refractivity contribution is 5.80. The van der Waals surface area contributed by atoms with Gasteiger partial charge in [-0.1, -0.05) is 60.7 Å². The van der Waals surface area contributed by atoms with Crippen molar-refractivity contribution in [2.24, 2.45) is 0 Å². The zero-order chi connectivity index (χ0) is 15.1. The Morgan fingerprint density at radius 1 is 0.952 bits per heavy atom. The third kappa shape index (κ3) is 4.43. The summed E-state index contributed by atoms with van der Waals surface area (Å²) in [7, 11) is 1.56. The molecular weight excluding hydrogens is 262 g/mol. The molecule has 0 aliphatic rings. The van der Waals surface area contributed by atoms with E-state index in [1.165, 1.54) is 0 Å². The van der Waals surface area contributed by atoms with Gasteiger partial charge in [0.15, 0.2) is 0 Å². The van der Waals surface area contributed by atoms with E-state index < -0.39 is 6.10 Å². The average molecular weight is 283 g/mol. The van der Waals surface area contributed by atoms with Crippen LogP contribution in [0.15, 0.2) is 60.7 Å². The summed E-state index contributed by atoms with van der Waals surface area (Å²) in [6.07, 6.45) is -0.433. The number of hydrogen-bond donors (Lipinski definition) is 0. The van der Waals surface area contributed by atoms with Crippen LogP contribution in [0, 0.1) is 0 Å². The van der Waals surface area contributed by atoms with Gasteiger partial charge in [0, 0.05) is 20.2 Å². The van der Waals surface area contributed by atoms with Crippen LogP contribution in [0.25, 0.3) is 0 Å². The number of carbonyl (C=O) groups excluding carboxylic acids is 1. The first-order valence-corrected chi connectivity index (χ1v) is 7.10. The first kappa shape index (κ1) is 15.3. The van der Waals surface area contributed by atoms with Gasteiger partial charge in [0.1, 0.15) is 6.10 Å². The highest BCUT2D eigenvalue weighted by atomic mass is 16.5. The van der Waals surface area contributed by atoms with Gasteiger partial charge in [-0.15, -0.1) is 0 Å². The summed E-state index contributed by atoms with van der Waals surface area (Å²) < 4.78 is 5.18. The number of nitrogens with zero attached hydrogens (tertiary/aromatic N) is 1. The summed E-state index contributed by atoms with van der Waals surface area (Å²) in [6, 6.07) is 20.0. The van der Waals surface area contributed by atoms with Crippen LogP contribution in [0.2, 0.25) is 0 Å². The van der Waals surface area contributed by atoms with Crippen LogP contribution in [-0.2, 0) is 22.6 Å². The van der Waals surface area contributed by atoms with E-state index in [0.29, 0.717) is 13.1 Å². The molecule has 0 fully saturated rings. The highest BCUT2D eigenvalue weighted by Gasteiger charge is 2.20. The summed E-state index contributed by atoms with van der Waals surface area (Å²) in [5.41, 5.74) is 2.23. The second-order valence-electron chi connectivity index (χ2n) is 5.04. The van der Waals surface area contributed by atoms with Crippen molar-refractivity contribution in [2.75, 3.05) is 7.11 Å². The Morgan fingerprint density at radius 3 is 1.76 bits per heavy atom. The van der Waals surface area contributed by atoms with Crippen LogP contribution in [-0.4, -0.2) is 24.0 Å². The maximum Gasteiger partial charge on any atom is 0.251 e. The molecule has 3 nitrogen and oxygen atoms in total. The number of benzene rings is 2. The number of carbonyl (C=O) groups is 1. The van der Waals surface area contributed by atoms with Crippen molar-refractivity contribution in [3.05, 3.63) is 71.8 Å². The standard InChI is InChI=1S/C18H21NO2/c1-15(21-2)18(20)19(13-16-9-5-3-6-10-16)14-17-11-7-4-8-12-17/h3-12,15H,13-14H2,1-2H3. The van der Waals surface area contributed by atoms with E-state index in [4.69, 9.17) is 4.74 Å². The molecule has 2 rings (SSSR count). The fourth-order valence-electron chi connectivity index (χ4n) is 2.18. The lowest BCUT2D eigenvalue weighted by Gasteiger charge is -2.25. The second-order valence-corrected chi connectivity index (χ2v) is 5.04. The summed E-state index contributed by atoms with van der Waals surface area (Å²) in [4.78, 5) is 14.3. The van der Waals surface area contributed by atoms with E-state index in [9.17, 15) is 4.79 Å². The Balaban J connectivity index is 2.16. The van der Waals surface area contributed by atoms with Crippen molar-refractivity contribution in [3.63, 3.8) is 0 Å². The third-order valence-electron chi connectivity index (χ3n) is 3.45. The smallest absolute Gasteiger partial charge is 0.251 e. The number of methoxy groups -OCH3 is 1. The molecule has 0 bridgehead atoms. The summed E-state index contributed by atoms with van der Waals surface area (Å²) in [6.45, 7) is 2.95. The SMILES string of the molecule is COC(C)C(=O)N(Cc1ccccc1)Cc1ccccc1. The Bertz CT molecular complexity index is 512. The zero-order valence-corrected chi connectivity index (χ0v) is 12.5. The van der Waals surface area contributed by atoms with Crippen LogP contribution in [0.4, 0.5) is 0 Å². The molecule has 110 valence electrons. The molecule has 2 aromatic rings. The van der Waals surface area contributed by atoms with E-state index in [-0.39, 0.29) is 5.91 Å². The molecule has 0 aromatic heterocycles. The average Bonchev–Trinajstić information content (AvgIpc) is 2.54. The first-order valence-electron chi connectivity index (χ1n) is 7.10. The number of ether oxygens (including phenoxy) is 1. The van der Waals surface area contributed by atoms with Gasteiger partial charge in [-0.2, -0.15) is 0 Å². The van der Waals surface area contributed by atoms with Crippen molar-refractivity contribution in [1.29, 1.82) is 0 Å². The normalized spacial score (nSPS) is 11.9. The Morgan fingerprint density at radius 2 is 1.38 bits per heavy atom. The number of amides is 1. The molecule has 3 heteroatoms. The molecule has 0 heterocycles. The predicted molar refractivity (Wildman–Crippen MR) is 83.6 cm³/mol. The van der Waals surface area contributed by atoms with Crippen molar-refractivity contribution < 1.29 is 9.53 Å². The van der Waals surface area contributed by atoms with Crippen molar-refractivity contribution >= 4 is 5.91 Å². The topological polar surface area (TPSA) is 29.5 Å². The maximum absolute atomic E-state index is 12.5. The maximum atomic E-state index is 12.5. The van der Waals surface area contributed by atoms with E-state index in [0.717, 1.165) is 11.1 Å². The zero-order valence-electron chi connectivity index (χ0n) is 12.5. The van der Waals surface area contributed by atoms with Crippen LogP contribution in [0.3, 0.4) is 0 Å². The number of hydrogen-bond acceptors (Lipinski definition) is 2. The van der Waals surface area contributed by atoms with Crippen LogP contribution in [0.5, 0.6) is 0 Å². The van der Waals surface area contributed by atoms with Gasteiger partial charge in [-0.25, -0.2) is 0 Å². The summed E-state index contributed by atoms with van der Waals surface area (Å²) in [5.74, 6) is 0.00482. The van der Waals surface area contributed by atoms with Gasteiger partial charge < -0.3 is 9.64 Å². The molecule has 1 atom stereocenters. The molecule has 0 saturated heterocycles. The van der Waals surface area contributed by atoms with E-state index in [2.05, 4.69) is 0 Å². The summed E-state index contributed by atoms with van der Waals surface area (Å²) in [5, 5.41) is 0. The third-order valence-corrected chi connectivity index (χ3v) is 3.45. The van der Waals surface area contributed by atoms with Crippen molar-refractivity contribution in [1.82, 2.24) is 4.90 Å². The van der Waals surface area contributed by atoms with Gasteiger partial charge in [-0.05, 0) is 18.1 Å². The van der Waals surface area contributed by atoms with Crippen LogP contribution in [0.1, 0.15) is 18.1 Å². The molecule has 0 radical (unpaired) electrons. The fourth-order valence-corrected chi connectivity index (χ4v) is 2.18. The quantitative estimate of drug-likeness (QED) is 0.814. The minimum atomic E-state index is -0.433. The first-order chi connectivity index (χ1) is 10.2. The molecule has 0 aliphatic carbocycles. The van der Waals surface area contributed by atoms with Crippen LogP contribution < -0.4 is 0 Å². The molecular formula is C18H21NO2. The Kier molecular flexibility index (Phi) is 5.52.